The number of benzene rings is 1. The number of sulfonamides is 1. The number of amides is 1. The van der Waals surface area contributed by atoms with Gasteiger partial charge in [-0.3, -0.25) is 4.79 Å². The van der Waals surface area contributed by atoms with Crippen LogP contribution in [0, 0.1) is 0 Å². The molecule has 0 aliphatic heterocycles. The molecule has 2 N–H and O–H groups in total. The fraction of sp³-hybridized carbons (Fsp3) is 0.500. The van der Waals surface area contributed by atoms with Crippen molar-refractivity contribution in [3.63, 3.8) is 0 Å². The molecule has 0 bridgehead atoms. The third-order valence-electron chi connectivity index (χ3n) is 4.67. The quantitative estimate of drug-likeness (QED) is 0.391. The van der Waals surface area contributed by atoms with Gasteiger partial charge >= 0.3 is 5.97 Å². The van der Waals surface area contributed by atoms with Gasteiger partial charge in [0.05, 0.1) is 10.5 Å². The molecule has 1 fully saturated rings. The molecule has 0 aromatic heterocycles. The minimum absolute atomic E-state index is 0.0325. The zero-order valence-corrected chi connectivity index (χ0v) is 17.0. The molecule has 1 aliphatic rings. The highest BCUT2D eigenvalue weighted by Crippen LogP contribution is 2.17. The number of carbonyl (C=O) groups is 2. The maximum absolute atomic E-state index is 12.3. The predicted molar refractivity (Wildman–Crippen MR) is 106 cm³/mol. The molecule has 0 unspecified atom stereocenters. The summed E-state index contributed by atoms with van der Waals surface area (Å²) in [4.78, 5) is 24.6. The lowest BCUT2D eigenvalue weighted by atomic mass is 10.1. The van der Waals surface area contributed by atoms with E-state index in [9.17, 15) is 18.0 Å². The van der Waals surface area contributed by atoms with E-state index in [1.165, 1.54) is 50.1 Å². The van der Waals surface area contributed by atoms with Gasteiger partial charge in [0.2, 0.25) is 10.0 Å². The summed E-state index contributed by atoms with van der Waals surface area (Å²) in [6.45, 7) is 5.10. The lowest BCUT2D eigenvalue weighted by Gasteiger charge is -2.19. The van der Waals surface area contributed by atoms with Crippen molar-refractivity contribution in [2.24, 2.45) is 0 Å². The Hall–Kier alpha value is -2.19. The summed E-state index contributed by atoms with van der Waals surface area (Å²) in [5, 5.41) is 2.95. The Morgan fingerprint density at radius 1 is 1.18 bits per heavy atom. The number of hydrogen-bond donors (Lipinski definition) is 2. The number of carbonyl (C=O) groups excluding carboxylic acids is 2. The average Bonchev–Trinajstić information content (AvgIpc) is 2.95. The molecule has 2 rings (SSSR count). The summed E-state index contributed by atoms with van der Waals surface area (Å²) in [7, 11) is -3.66. The van der Waals surface area contributed by atoms with E-state index in [2.05, 4.69) is 16.6 Å². The van der Waals surface area contributed by atoms with E-state index in [4.69, 9.17) is 4.74 Å². The minimum Gasteiger partial charge on any atom is -0.449 e. The summed E-state index contributed by atoms with van der Waals surface area (Å²) in [6.07, 6.45) is 6.96. The predicted octanol–water partition coefficient (Wildman–Crippen LogP) is 2.54. The van der Waals surface area contributed by atoms with Crippen LogP contribution in [-0.2, 0) is 19.6 Å². The second-order valence-electron chi connectivity index (χ2n) is 6.91. The number of esters is 1. The number of rotatable bonds is 8. The summed E-state index contributed by atoms with van der Waals surface area (Å²) in [6, 6.07) is 5.49. The van der Waals surface area contributed by atoms with E-state index in [0.29, 0.717) is 0 Å². The molecule has 1 aromatic rings. The average molecular weight is 409 g/mol. The number of nitrogens with one attached hydrogen (secondary N) is 2. The Morgan fingerprint density at radius 3 is 2.36 bits per heavy atom. The molecule has 1 saturated carbocycles. The lowest BCUT2D eigenvalue weighted by Crippen LogP contribution is -2.41. The van der Waals surface area contributed by atoms with E-state index in [0.717, 1.165) is 25.7 Å². The SMILES string of the molecule is C=CCNS(=O)(=O)c1ccc(C(=O)O[C@@H](C)C(=O)NC2CCCCCC2)cc1. The summed E-state index contributed by atoms with van der Waals surface area (Å²) in [5.41, 5.74) is 0.178. The lowest BCUT2D eigenvalue weighted by molar-refractivity contribution is -0.129. The Balaban J connectivity index is 1.92. The van der Waals surface area contributed by atoms with E-state index < -0.39 is 22.1 Å². The fourth-order valence-corrected chi connectivity index (χ4v) is 4.04. The van der Waals surface area contributed by atoms with E-state index in [1.807, 2.05) is 0 Å². The van der Waals surface area contributed by atoms with Crippen molar-refractivity contribution in [3.05, 3.63) is 42.5 Å². The van der Waals surface area contributed by atoms with Crippen LogP contribution in [0.3, 0.4) is 0 Å². The van der Waals surface area contributed by atoms with Crippen LogP contribution in [0.1, 0.15) is 55.8 Å². The molecule has 0 spiro atoms. The summed E-state index contributed by atoms with van der Waals surface area (Å²) >= 11 is 0. The Kier molecular flexibility index (Phi) is 8.19. The van der Waals surface area contributed by atoms with Gasteiger partial charge in [0.25, 0.3) is 5.91 Å². The molecule has 0 radical (unpaired) electrons. The highest BCUT2D eigenvalue weighted by Gasteiger charge is 2.23. The van der Waals surface area contributed by atoms with Crippen LogP contribution in [0.15, 0.2) is 41.8 Å². The molecular formula is C20H28N2O5S. The third-order valence-corrected chi connectivity index (χ3v) is 6.11. The first-order valence-electron chi connectivity index (χ1n) is 9.55. The Bertz CT molecular complexity index is 781. The number of hydrogen-bond acceptors (Lipinski definition) is 5. The van der Waals surface area contributed by atoms with Crippen LogP contribution in [0.4, 0.5) is 0 Å². The molecule has 28 heavy (non-hydrogen) atoms. The van der Waals surface area contributed by atoms with E-state index >= 15 is 0 Å². The van der Waals surface area contributed by atoms with E-state index in [1.54, 1.807) is 0 Å². The summed E-state index contributed by atoms with van der Waals surface area (Å²) < 4.78 is 31.6. The van der Waals surface area contributed by atoms with E-state index in [-0.39, 0.29) is 29.0 Å². The van der Waals surface area contributed by atoms with Crippen LogP contribution in [0.5, 0.6) is 0 Å². The molecule has 0 saturated heterocycles. The first-order valence-corrected chi connectivity index (χ1v) is 11.0. The van der Waals surface area contributed by atoms with Crippen molar-refractivity contribution < 1.29 is 22.7 Å². The van der Waals surface area contributed by atoms with Crippen LogP contribution in [0.2, 0.25) is 0 Å². The van der Waals surface area contributed by atoms with Crippen LogP contribution < -0.4 is 10.0 Å². The van der Waals surface area contributed by atoms with Gasteiger partial charge < -0.3 is 10.1 Å². The Labute approximate surface area is 166 Å². The van der Waals surface area contributed by atoms with Crippen molar-refractivity contribution >= 4 is 21.9 Å². The monoisotopic (exact) mass is 408 g/mol. The van der Waals surface area contributed by atoms with Crippen LogP contribution in [0.25, 0.3) is 0 Å². The van der Waals surface area contributed by atoms with Gasteiger partial charge in [0.1, 0.15) is 0 Å². The second-order valence-corrected chi connectivity index (χ2v) is 8.68. The molecule has 1 atom stereocenters. The molecule has 154 valence electrons. The van der Waals surface area contributed by atoms with Gasteiger partial charge in [-0.2, -0.15) is 0 Å². The summed E-state index contributed by atoms with van der Waals surface area (Å²) in [5.74, 6) is -0.986. The molecule has 1 aromatic carbocycles. The highest BCUT2D eigenvalue weighted by molar-refractivity contribution is 7.89. The number of ether oxygens (including phenoxy) is 1. The molecule has 0 heterocycles. The van der Waals surface area contributed by atoms with Crippen LogP contribution in [-0.4, -0.2) is 39.0 Å². The molecule has 8 heteroatoms. The van der Waals surface area contributed by atoms with Crippen molar-refractivity contribution in [2.75, 3.05) is 6.54 Å². The van der Waals surface area contributed by atoms with Gasteiger partial charge in [-0.1, -0.05) is 31.8 Å². The first kappa shape index (κ1) is 22.1. The van der Waals surface area contributed by atoms with Gasteiger partial charge in [-0.05, 0) is 44.0 Å². The first-order chi connectivity index (χ1) is 13.3. The molecule has 1 amide bonds. The topological polar surface area (TPSA) is 102 Å². The molecular weight excluding hydrogens is 380 g/mol. The largest absolute Gasteiger partial charge is 0.449 e. The maximum atomic E-state index is 12.3. The highest BCUT2D eigenvalue weighted by atomic mass is 32.2. The smallest absolute Gasteiger partial charge is 0.338 e. The van der Waals surface area contributed by atoms with Gasteiger partial charge in [-0.15, -0.1) is 6.58 Å². The van der Waals surface area contributed by atoms with Gasteiger partial charge in [0.15, 0.2) is 6.10 Å². The van der Waals surface area contributed by atoms with Crippen molar-refractivity contribution in [1.29, 1.82) is 0 Å². The standard InChI is InChI=1S/C20H28N2O5S/c1-3-14-21-28(25,26)18-12-10-16(11-13-18)20(24)27-15(2)19(23)22-17-8-6-4-5-7-9-17/h3,10-13,15,17,21H,1,4-9,14H2,2H3,(H,22,23)/t15-/m0/s1. The van der Waals surface area contributed by atoms with Crippen molar-refractivity contribution in [1.82, 2.24) is 10.0 Å². The van der Waals surface area contributed by atoms with Gasteiger partial charge in [0, 0.05) is 12.6 Å². The van der Waals surface area contributed by atoms with Gasteiger partial charge in [-0.25, -0.2) is 17.9 Å². The van der Waals surface area contributed by atoms with Crippen molar-refractivity contribution in [3.8, 4) is 0 Å². The zero-order valence-electron chi connectivity index (χ0n) is 16.1. The second kappa shape index (κ2) is 10.4. The normalized spacial score (nSPS) is 16.6. The molecule has 1 aliphatic carbocycles. The minimum atomic E-state index is -3.66. The van der Waals surface area contributed by atoms with Crippen LogP contribution >= 0.6 is 0 Å². The third kappa shape index (κ3) is 6.45. The molecule has 7 nitrogen and oxygen atoms in total. The fourth-order valence-electron chi connectivity index (χ4n) is 3.05. The van der Waals surface area contributed by atoms with Crippen molar-refractivity contribution in [2.45, 2.75) is 62.5 Å². The Morgan fingerprint density at radius 2 is 1.79 bits per heavy atom. The zero-order chi connectivity index (χ0) is 20.6. The maximum Gasteiger partial charge on any atom is 0.338 e.